The first kappa shape index (κ1) is 18.0. The lowest BCUT2D eigenvalue weighted by Gasteiger charge is -2.43. The van der Waals surface area contributed by atoms with Crippen molar-refractivity contribution in [1.82, 2.24) is 29.0 Å². The summed E-state index contributed by atoms with van der Waals surface area (Å²) in [6.07, 6.45) is 7.72. The summed E-state index contributed by atoms with van der Waals surface area (Å²) in [6, 6.07) is 11.2. The van der Waals surface area contributed by atoms with Crippen LogP contribution in [0.3, 0.4) is 0 Å². The Hall–Kier alpha value is -3.81. The Kier molecular flexibility index (Phi) is 3.99. The number of likely N-dealkylation sites (tertiary alicyclic amines) is 1. The second-order valence-corrected chi connectivity index (χ2v) is 8.35. The standard InChI is InChI=1S/C23H20N6O2/c30-22-9-18(17-2-1-4-24-10-17)7-20-19-6-15(12-28(20)22)11-27(13-19)23(31)16-3-5-29-21(8-16)25-14-26-29/h1-5,7-10,14-15,19H,6,11-13H2/t15-,19+/m0/s1. The molecule has 4 aromatic rings. The number of carbonyl (C=O) groups excluding carboxylic acids is 1. The lowest BCUT2D eigenvalue weighted by molar-refractivity contribution is 0.0594. The maximum Gasteiger partial charge on any atom is 0.254 e. The summed E-state index contributed by atoms with van der Waals surface area (Å²) in [5.74, 6) is 0.408. The van der Waals surface area contributed by atoms with Gasteiger partial charge in [-0.05, 0) is 42.2 Å². The molecular weight excluding hydrogens is 392 g/mol. The van der Waals surface area contributed by atoms with Crippen LogP contribution in [0.25, 0.3) is 16.8 Å². The van der Waals surface area contributed by atoms with E-state index in [1.807, 2.05) is 21.6 Å². The highest BCUT2D eigenvalue weighted by molar-refractivity contribution is 5.95. The molecule has 31 heavy (non-hydrogen) atoms. The molecular formula is C23H20N6O2. The fourth-order valence-corrected chi connectivity index (χ4v) is 4.96. The Labute approximate surface area is 177 Å². The molecule has 154 valence electrons. The molecule has 2 aliphatic rings. The normalized spacial score (nSPS) is 19.9. The number of hydrogen-bond acceptors (Lipinski definition) is 5. The van der Waals surface area contributed by atoms with Crippen molar-refractivity contribution in [3.05, 3.63) is 82.9 Å². The van der Waals surface area contributed by atoms with E-state index in [2.05, 4.69) is 21.1 Å². The first-order valence-corrected chi connectivity index (χ1v) is 10.4. The summed E-state index contributed by atoms with van der Waals surface area (Å²) in [4.78, 5) is 36.4. The molecule has 8 nitrogen and oxygen atoms in total. The van der Waals surface area contributed by atoms with Gasteiger partial charge in [-0.2, -0.15) is 5.10 Å². The van der Waals surface area contributed by atoms with Crippen LogP contribution < -0.4 is 5.56 Å². The van der Waals surface area contributed by atoms with Gasteiger partial charge in [-0.1, -0.05) is 6.07 Å². The van der Waals surface area contributed by atoms with Gasteiger partial charge in [0.05, 0.1) is 0 Å². The molecule has 8 heteroatoms. The highest BCUT2D eigenvalue weighted by atomic mass is 16.2. The number of aromatic nitrogens is 5. The molecule has 1 fully saturated rings. The average molecular weight is 412 g/mol. The number of carbonyl (C=O) groups is 1. The number of piperidine rings is 1. The zero-order valence-electron chi connectivity index (χ0n) is 16.8. The quantitative estimate of drug-likeness (QED) is 0.504. The molecule has 0 saturated carbocycles. The summed E-state index contributed by atoms with van der Waals surface area (Å²) in [6.45, 7) is 1.90. The van der Waals surface area contributed by atoms with Crippen molar-refractivity contribution >= 4 is 11.6 Å². The fraction of sp³-hybridized carbons (Fsp3) is 0.261. The Morgan fingerprint density at radius 2 is 2.00 bits per heavy atom. The highest BCUT2D eigenvalue weighted by Crippen LogP contribution is 2.37. The van der Waals surface area contributed by atoms with Gasteiger partial charge in [0, 0.05) is 67.0 Å². The van der Waals surface area contributed by atoms with Crippen molar-refractivity contribution in [3.63, 3.8) is 0 Å². The fourth-order valence-electron chi connectivity index (χ4n) is 4.96. The van der Waals surface area contributed by atoms with Gasteiger partial charge in [-0.3, -0.25) is 14.6 Å². The molecule has 0 spiro atoms. The van der Waals surface area contributed by atoms with Crippen molar-refractivity contribution in [2.75, 3.05) is 13.1 Å². The van der Waals surface area contributed by atoms with Crippen molar-refractivity contribution in [2.24, 2.45) is 5.92 Å². The van der Waals surface area contributed by atoms with E-state index in [4.69, 9.17) is 0 Å². The zero-order chi connectivity index (χ0) is 20.9. The van der Waals surface area contributed by atoms with Gasteiger partial charge in [0.25, 0.3) is 11.5 Å². The lowest BCUT2D eigenvalue weighted by atomic mass is 9.82. The highest BCUT2D eigenvalue weighted by Gasteiger charge is 2.37. The summed E-state index contributed by atoms with van der Waals surface area (Å²) in [5, 5.41) is 4.09. The first-order valence-electron chi connectivity index (χ1n) is 10.4. The van der Waals surface area contributed by atoms with Gasteiger partial charge in [-0.15, -0.1) is 0 Å². The Bertz CT molecular complexity index is 1360. The maximum absolute atomic E-state index is 13.3. The number of pyridine rings is 3. The van der Waals surface area contributed by atoms with E-state index in [-0.39, 0.29) is 23.3 Å². The summed E-state index contributed by atoms with van der Waals surface area (Å²) in [7, 11) is 0. The molecule has 2 atom stereocenters. The van der Waals surface area contributed by atoms with Gasteiger partial charge in [0.2, 0.25) is 0 Å². The van der Waals surface area contributed by atoms with E-state index in [0.29, 0.717) is 30.8 Å². The maximum atomic E-state index is 13.3. The predicted molar refractivity (Wildman–Crippen MR) is 114 cm³/mol. The number of hydrogen-bond donors (Lipinski definition) is 0. The van der Waals surface area contributed by atoms with E-state index in [0.717, 1.165) is 23.2 Å². The summed E-state index contributed by atoms with van der Waals surface area (Å²) >= 11 is 0. The van der Waals surface area contributed by atoms with E-state index < -0.39 is 0 Å². The predicted octanol–water partition coefficient (Wildman–Crippen LogP) is 2.21. The third-order valence-corrected chi connectivity index (χ3v) is 6.37. The second-order valence-electron chi connectivity index (χ2n) is 8.35. The van der Waals surface area contributed by atoms with E-state index in [1.54, 1.807) is 41.3 Å². The third-order valence-electron chi connectivity index (χ3n) is 6.37. The minimum atomic E-state index is -0.000545. The van der Waals surface area contributed by atoms with Crippen LogP contribution in [0, 0.1) is 5.92 Å². The van der Waals surface area contributed by atoms with Crippen molar-refractivity contribution in [1.29, 1.82) is 0 Å². The molecule has 0 aromatic carbocycles. The number of nitrogens with zero attached hydrogens (tertiary/aromatic N) is 6. The van der Waals surface area contributed by atoms with Crippen LogP contribution in [0.15, 0.2) is 66.1 Å². The van der Waals surface area contributed by atoms with E-state index in [9.17, 15) is 9.59 Å². The zero-order valence-corrected chi connectivity index (χ0v) is 16.8. The molecule has 0 N–H and O–H groups in total. The average Bonchev–Trinajstić information content (AvgIpc) is 3.27. The van der Waals surface area contributed by atoms with Crippen LogP contribution in [-0.2, 0) is 6.54 Å². The van der Waals surface area contributed by atoms with Crippen LogP contribution in [-0.4, -0.2) is 48.0 Å². The molecule has 0 unspecified atom stereocenters. The number of fused-ring (bicyclic) bond motifs is 5. The summed E-state index contributed by atoms with van der Waals surface area (Å²) < 4.78 is 3.53. The van der Waals surface area contributed by atoms with E-state index in [1.165, 1.54) is 6.33 Å². The lowest BCUT2D eigenvalue weighted by Crippen LogP contribution is -2.49. The molecule has 0 aliphatic carbocycles. The first-order chi connectivity index (χ1) is 15.2. The molecule has 1 saturated heterocycles. The molecule has 4 aromatic heterocycles. The largest absolute Gasteiger partial charge is 0.338 e. The van der Waals surface area contributed by atoms with Crippen LogP contribution in [0.2, 0.25) is 0 Å². The van der Waals surface area contributed by atoms with E-state index >= 15 is 0 Å². The Balaban J connectivity index is 1.34. The van der Waals surface area contributed by atoms with Crippen LogP contribution in [0.1, 0.15) is 28.4 Å². The number of amides is 1. The minimum Gasteiger partial charge on any atom is -0.338 e. The molecule has 1 amide bonds. The second kappa shape index (κ2) is 6.87. The van der Waals surface area contributed by atoms with Crippen LogP contribution in [0.5, 0.6) is 0 Å². The number of rotatable bonds is 2. The molecule has 2 aliphatic heterocycles. The monoisotopic (exact) mass is 412 g/mol. The topological polar surface area (TPSA) is 85.4 Å². The molecule has 2 bridgehead atoms. The Morgan fingerprint density at radius 1 is 1.06 bits per heavy atom. The minimum absolute atomic E-state index is 0.000545. The third kappa shape index (κ3) is 3.02. The van der Waals surface area contributed by atoms with Crippen molar-refractivity contribution in [2.45, 2.75) is 18.9 Å². The van der Waals surface area contributed by atoms with Gasteiger partial charge in [0.1, 0.15) is 6.33 Å². The van der Waals surface area contributed by atoms with Crippen molar-refractivity contribution < 1.29 is 4.79 Å². The molecule has 6 heterocycles. The summed E-state index contributed by atoms with van der Waals surface area (Å²) in [5.41, 5.74) is 4.10. The van der Waals surface area contributed by atoms with Gasteiger partial charge < -0.3 is 9.47 Å². The van der Waals surface area contributed by atoms with Gasteiger partial charge >= 0.3 is 0 Å². The van der Waals surface area contributed by atoms with Crippen molar-refractivity contribution in [3.8, 4) is 11.1 Å². The smallest absolute Gasteiger partial charge is 0.254 e. The SMILES string of the molecule is O=C(c1ccn2ncnc2c1)N1C[C@@H]2C[C@H](C1)c1cc(-c3cccnc3)cc(=O)n1C2. The molecule has 0 radical (unpaired) electrons. The van der Waals surface area contributed by atoms with Gasteiger partial charge in [0.15, 0.2) is 5.65 Å². The molecule has 6 rings (SSSR count). The van der Waals surface area contributed by atoms with Crippen LogP contribution in [0.4, 0.5) is 0 Å². The van der Waals surface area contributed by atoms with Gasteiger partial charge in [-0.25, -0.2) is 9.50 Å². The van der Waals surface area contributed by atoms with Crippen LogP contribution >= 0.6 is 0 Å². The Morgan fingerprint density at radius 3 is 2.87 bits per heavy atom.